The first-order valence-corrected chi connectivity index (χ1v) is 34.7. The minimum absolute atomic E-state index is 0.0177. The number of Topliss-reactive ketones (excluding diaryl/α,β-unsaturated/α-hetero) is 1. The lowest BCUT2D eigenvalue weighted by atomic mass is 9.33. The van der Waals surface area contributed by atoms with E-state index in [1.54, 1.807) is 0 Å². The number of ketones is 1. The van der Waals surface area contributed by atoms with Gasteiger partial charge in [-0.05, 0) is 164 Å². The topological polar surface area (TPSA) is 108 Å². The molecule has 0 spiro atoms. The highest BCUT2D eigenvalue weighted by molar-refractivity contribution is 6.73. The smallest absolute Gasteiger partial charge is 0.192 e. The van der Waals surface area contributed by atoms with Crippen LogP contribution in [-0.4, -0.2) is 95.7 Å². The second-order valence-corrected chi connectivity index (χ2v) is 34.3. The Morgan fingerprint density at radius 1 is 0.696 bits per heavy atom. The van der Waals surface area contributed by atoms with Gasteiger partial charge in [-0.15, -0.1) is 0 Å². The minimum Gasteiger partial charge on any atom is -0.408 e. The Bertz CT molecular complexity index is 2300. The number of allylic oxidation sites excluding steroid dienone is 2. The third kappa shape index (κ3) is 10.4. The van der Waals surface area contributed by atoms with Gasteiger partial charge in [0.05, 0.1) is 54.1 Å². The highest BCUT2D eigenvalue weighted by atomic mass is 28.4. The zero-order valence-electron chi connectivity index (χ0n) is 52.7. The third-order valence-electron chi connectivity index (χ3n) is 25.6. The van der Waals surface area contributed by atoms with Crippen LogP contribution in [0.5, 0.6) is 0 Å². The first kappa shape index (κ1) is 61.7. The van der Waals surface area contributed by atoms with Crippen molar-refractivity contribution in [1.29, 1.82) is 0 Å². The summed E-state index contributed by atoms with van der Waals surface area (Å²) in [5.74, 6) is 2.11. The van der Waals surface area contributed by atoms with E-state index in [0.717, 1.165) is 75.9 Å². The second kappa shape index (κ2) is 23.2. The summed E-state index contributed by atoms with van der Waals surface area (Å²) in [5, 5.41) is 0. The van der Waals surface area contributed by atoms with Crippen LogP contribution in [0, 0.1) is 85.8 Å². The molecule has 1 aromatic carbocycles. The summed E-state index contributed by atoms with van der Waals surface area (Å²) in [7, 11) is -0.302. The van der Waals surface area contributed by atoms with Crippen LogP contribution in [0.3, 0.4) is 0 Å². The predicted molar refractivity (Wildman–Crippen MR) is 315 cm³/mol. The van der Waals surface area contributed by atoms with Gasteiger partial charge in [-0.2, -0.15) is 0 Å². The van der Waals surface area contributed by atoms with Crippen LogP contribution in [0.15, 0.2) is 42.0 Å². The molecule has 8 aliphatic rings. The van der Waals surface area contributed by atoms with Crippen molar-refractivity contribution in [2.45, 2.75) is 268 Å². The molecule has 7 fully saturated rings. The van der Waals surface area contributed by atoms with E-state index in [-0.39, 0.29) is 81.6 Å². The predicted octanol–water partition coefficient (Wildman–Crippen LogP) is 15.0. The van der Waals surface area contributed by atoms with Gasteiger partial charge in [0.15, 0.2) is 27.2 Å². The number of methoxy groups -OCH3 is 1. The standard InChI is InChI=1S/C68H110O10Si/c1-19-51-43(7)44(8)58(78-79(20-2,21-3)22-4)61(73-51)77-59-57(76-60-45(9)42(6)41(5)39-72-60)46(10)52(36-48-26-24-23-25-27-48)74-62(59)75-55-31-32-64(14)53(65(55,15)40-69)30-33-66(16)54(64)29-28-49-50-37-63(12,13)34-35-68(50,47(11)70)56(71-18)38-67(49,66)17/h23-28,40-46,50-62H,19-22,29-39H2,1-18H3/t41-,42-,43+,44-,45?,46-,50?,51?,52?,53+,54?,55-,56?,57-,58?,59?,60-,61-,62-,64?,65+,66?,67?,68+/m0/s1. The number of benzene rings is 1. The molecular formula is C68H110O10Si. The fourth-order valence-corrected chi connectivity index (χ4v) is 22.0. The summed E-state index contributed by atoms with van der Waals surface area (Å²) in [4.78, 5) is 28.7. The molecular weight excluding hydrogens is 1000 g/mol. The third-order valence-corrected chi connectivity index (χ3v) is 30.2. The number of hydrogen-bond acceptors (Lipinski definition) is 10. The zero-order chi connectivity index (χ0) is 57.4. The van der Waals surface area contributed by atoms with Crippen LogP contribution in [0.1, 0.15) is 187 Å². The molecule has 0 radical (unpaired) electrons. The highest BCUT2D eigenvalue weighted by Crippen LogP contribution is 2.76. The van der Waals surface area contributed by atoms with Gasteiger partial charge in [0.2, 0.25) is 0 Å². The Hall–Kier alpha value is -1.80. The van der Waals surface area contributed by atoms with Crippen molar-refractivity contribution in [3.05, 3.63) is 47.5 Å². The van der Waals surface area contributed by atoms with Crippen LogP contribution in [0.4, 0.5) is 0 Å². The van der Waals surface area contributed by atoms with E-state index in [4.69, 9.17) is 37.6 Å². The Morgan fingerprint density at radius 2 is 1.35 bits per heavy atom. The molecule has 4 saturated carbocycles. The van der Waals surface area contributed by atoms with E-state index in [2.05, 4.69) is 147 Å². The van der Waals surface area contributed by atoms with E-state index >= 15 is 0 Å². The summed E-state index contributed by atoms with van der Waals surface area (Å²) in [6.07, 6.45) is 9.23. The Kier molecular flexibility index (Phi) is 18.2. The van der Waals surface area contributed by atoms with Crippen LogP contribution in [0.25, 0.3) is 0 Å². The Morgan fingerprint density at radius 3 is 1.99 bits per heavy atom. The van der Waals surface area contributed by atoms with E-state index < -0.39 is 56.3 Å². The molecule has 0 N–H and O–H groups in total. The van der Waals surface area contributed by atoms with Crippen LogP contribution in [0.2, 0.25) is 18.1 Å². The largest absolute Gasteiger partial charge is 0.408 e. The average Bonchev–Trinajstić information content (AvgIpc) is 3.62. The molecule has 5 aliphatic carbocycles. The van der Waals surface area contributed by atoms with E-state index in [0.29, 0.717) is 43.0 Å². The number of hydrogen-bond donors (Lipinski definition) is 0. The molecule has 79 heavy (non-hydrogen) atoms. The van der Waals surface area contributed by atoms with Crippen molar-refractivity contribution in [3.8, 4) is 0 Å². The molecule has 3 aliphatic heterocycles. The highest BCUT2D eigenvalue weighted by Gasteiger charge is 2.72. The maximum absolute atomic E-state index is 14.5. The summed E-state index contributed by atoms with van der Waals surface area (Å²) in [6, 6.07) is 13.7. The number of carbonyl (C=O) groups excluding carboxylic acids is 2. The number of rotatable bonds is 17. The summed E-state index contributed by atoms with van der Waals surface area (Å²) < 4.78 is 58.5. The molecule has 446 valence electrons. The minimum atomic E-state index is -2.15. The quantitative estimate of drug-likeness (QED) is 0.0648. The summed E-state index contributed by atoms with van der Waals surface area (Å²) in [6.45, 7) is 40.0. The van der Waals surface area contributed by atoms with Crippen molar-refractivity contribution in [1.82, 2.24) is 0 Å². The SMILES string of the molecule is CCC1O[C@@H](OC2[C@H](O[C@H]3CCC4(C)C5CC=C6C7CC(C)(C)CC[C@]7(C(C)=O)C(OC)CC6(C)C5(C)CC[C@H]4[C@@]3(C)C=O)OC(Cc3ccccc3)[C@H](C)[C@@H]2O[C@@H]2OC[C@H](C)[C@H](C)C2C)C(O[Si](CC)(CC)CC)[C@@H](C)[C@H]1C. The molecule has 11 unspecified atom stereocenters. The van der Waals surface area contributed by atoms with Crippen LogP contribution in [-0.2, 0) is 53.6 Å². The Balaban J connectivity index is 1.10. The van der Waals surface area contributed by atoms with Crippen molar-refractivity contribution in [3.63, 3.8) is 0 Å². The second-order valence-electron chi connectivity index (χ2n) is 29.6. The monoisotopic (exact) mass is 1110 g/mol. The number of ether oxygens (including phenoxy) is 7. The number of aldehydes is 1. The zero-order valence-corrected chi connectivity index (χ0v) is 53.7. The normalized spacial score (nSPS) is 47.9. The van der Waals surface area contributed by atoms with Crippen molar-refractivity contribution < 1.29 is 47.2 Å². The fraction of sp³-hybridized carbons (Fsp3) is 0.853. The maximum atomic E-state index is 14.5. The van der Waals surface area contributed by atoms with Gasteiger partial charge in [0.1, 0.15) is 18.2 Å². The molecule has 0 bridgehead atoms. The lowest BCUT2D eigenvalue weighted by Gasteiger charge is -2.72. The van der Waals surface area contributed by atoms with Gasteiger partial charge in [-0.25, -0.2) is 0 Å². The Labute approximate surface area is 480 Å². The van der Waals surface area contributed by atoms with Gasteiger partial charge >= 0.3 is 0 Å². The molecule has 0 amide bonds. The molecule has 11 heteroatoms. The molecule has 1 aromatic rings. The van der Waals surface area contributed by atoms with Crippen molar-refractivity contribution in [2.24, 2.45) is 85.8 Å². The van der Waals surface area contributed by atoms with E-state index in [1.807, 2.05) is 14.0 Å². The van der Waals surface area contributed by atoms with Crippen molar-refractivity contribution in [2.75, 3.05) is 13.7 Å². The maximum Gasteiger partial charge on any atom is 0.192 e. The molecule has 3 saturated heterocycles. The van der Waals surface area contributed by atoms with Crippen molar-refractivity contribution >= 4 is 20.4 Å². The number of fused-ring (bicyclic) bond motifs is 7. The molecule has 0 aromatic heterocycles. The van der Waals surface area contributed by atoms with Crippen LogP contribution >= 0.6 is 0 Å². The van der Waals surface area contributed by atoms with Gasteiger partial charge in [0.25, 0.3) is 0 Å². The lowest BCUT2D eigenvalue weighted by molar-refractivity contribution is -0.380. The lowest BCUT2D eigenvalue weighted by Crippen LogP contribution is -2.68. The number of carbonyl (C=O) groups is 2. The molecule has 3 heterocycles. The van der Waals surface area contributed by atoms with Gasteiger partial charge in [-0.1, -0.05) is 153 Å². The van der Waals surface area contributed by atoms with E-state index in [9.17, 15) is 9.59 Å². The molecule has 9 rings (SSSR count). The van der Waals surface area contributed by atoms with Gasteiger partial charge < -0.3 is 42.4 Å². The summed E-state index contributed by atoms with van der Waals surface area (Å²) >= 11 is 0. The van der Waals surface area contributed by atoms with Gasteiger partial charge in [-0.3, -0.25) is 4.79 Å². The first-order valence-electron chi connectivity index (χ1n) is 32.1. The molecule has 10 nitrogen and oxygen atoms in total. The average molecular weight is 1120 g/mol. The first-order chi connectivity index (χ1) is 37.3. The fourth-order valence-electron chi connectivity index (χ4n) is 19.1. The van der Waals surface area contributed by atoms with Gasteiger partial charge in [0, 0.05) is 18.9 Å². The van der Waals surface area contributed by atoms with Crippen LogP contribution < -0.4 is 0 Å². The summed E-state index contributed by atoms with van der Waals surface area (Å²) in [5.41, 5.74) is 1.14. The van der Waals surface area contributed by atoms with E-state index in [1.165, 1.54) is 17.4 Å². The molecule has 24 atom stereocenters.